The van der Waals surface area contributed by atoms with Crippen molar-refractivity contribution in [2.45, 2.75) is 96.1 Å². The fourth-order valence-electron chi connectivity index (χ4n) is 3.93. The Morgan fingerprint density at radius 2 is 1.43 bits per heavy atom. The maximum Gasteiger partial charge on any atom is 0.234 e. The summed E-state index contributed by atoms with van der Waals surface area (Å²) in [5.41, 5.74) is 0. The van der Waals surface area contributed by atoms with E-state index in [1.165, 1.54) is 77.0 Å². The average molecular weight is 294 g/mol. The Bertz CT molecular complexity index is 290. The zero-order valence-electron chi connectivity index (χ0n) is 13.8. The molecule has 2 aliphatic rings. The van der Waals surface area contributed by atoms with Crippen molar-refractivity contribution in [1.82, 2.24) is 10.6 Å². The first-order chi connectivity index (χ1) is 10.3. The Morgan fingerprint density at radius 3 is 2.00 bits per heavy atom. The fraction of sp³-hybridized carbons (Fsp3) is 0.944. The van der Waals surface area contributed by atoms with Gasteiger partial charge in [-0.2, -0.15) is 0 Å². The van der Waals surface area contributed by atoms with Crippen molar-refractivity contribution in [3.8, 4) is 0 Å². The van der Waals surface area contributed by atoms with Gasteiger partial charge in [0.25, 0.3) is 0 Å². The van der Waals surface area contributed by atoms with Crippen LogP contribution in [0.4, 0.5) is 0 Å². The summed E-state index contributed by atoms with van der Waals surface area (Å²) in [5, 5.41) is 6.70. The van der Waals surface area contributed by atoms with Crippen LogP contribution in [0.25, 0.3) is 0 Å². The third-order valence-electron chi connectivity index (χ3n) is 5.41. The number of nitrogens with one attached hydrogen (secondary N) is 2. The van der Waals surface area contributed by atoms with Crippen LogP contribution in [0, 0.1) is 5.92 Å². The quantitative estimate of drug-likeness (QED) is 0.758. The lowest BCUT2D eigenvalue weighted by atomic mass is 9.93. The molecule has 2 saturated carbocycles. The van der Waals surface area contributed by atoms with Gasteiger partial charge in [0.1, 0.15) is 0 Å². The number of amides is 1. The van der Waals surface area contributed by atoms with Gasteiger partial charge in [0, 0.05) is 12.1 Å². The summed E-state index contributed by atoms with van der Waals surface area (Å²) in [7, 11) is 0. The van der Waals surface area contributed by atoms with E-state index in [2.05, 4.69) is 17.6 Å². The van der Waals surface area contributed by atoms with Gasteiger partial charge in [0.05, 0.1) is 6.54 Å². The van der Waals surface area contributed by atoms with Gasteiger partial charge in [-0.3, -0.25) is 4.79 Å². The number of carbonyl (C=O) groups excluding carboxylic acids is 1. The SMILES string of the molecule is C[C@H](NCC(=O)NC1CCCCCC1)C1CCCCCC1. The van der Waals surface area contributed by atoms with Gasteiger partial charge in [0.2, 0.25) is 5.91 Å². The first-order valence-corrected chi connectivity index (χ1v) is 9.28. The predicted molar refractivity (Wildman–Crippen MR) is 88.3 cm³/mol. The van der Waals surface area contributed by atoms with Gasteiger partial charge < -0.3 is 10.6 Å². The molecule has 1 amide bonds. The van der Waals surface area contributed by atoms with E-state index in [-0.39, 0.29) is 5.91 Å². The second-order valence-corrected chi connectivity index (χ2v) is 7.18. The Hall–Kier alpha value is -0.570. The summed E-state index contributed by atoms with van der Waals surface area (Å²) in [6, 6.07) is 0.901. The largest absolute Gasteiger partial charge is 0.352 e. The summed E-state index contributed by atoms with van der Waals surface area (Å²) in [6.45, 7) is 2.75. The van der Waals surface area contributed by atoms with Crippen molar-refractivity contribution < 1.29 is 4.79 Å². The van der Waals surface area contributed by atoms with E-state index in [1.807, 2.05) is 0 Å². The topological polar surface area (TPSA) is 41.1 Å². The molecule has 122 valence electrons. The third kappa shape index (κ3) is 6.37. The van der Waals surface area contributed by atoms with Gasteiger partial charge in [-0.15, -0.1) is 0 Å². The maximum absolute atomic E-state index is 12.1. The van der Waals surface area contributed by atoms with Gasteiger partial charge in [0.15, 0.2) is 0 Å². The minimum atomic E-state index is 0.197. The van der Waals surface area contributed by atoms with Crippen LogP contribution in [0.1, 0.15) is 84.0 Å². The third-order valence-corrected chi connectivity index (χ3v) is 5.41. The lowest BCUT2D eigenvalue weighted by molar-refractivity contribution is -0.121. The summed E-state index contributed by atoms with van der Waals surface area (Å²) >= 11 is 0. The minimum Gasteiger partial charge on any atom is -0.352 e. The molecule has 0 spiro atoms. The lowest BCUT2D eigenvalue weighted by Gasteiger charge is -2.24. The molecule has 0 bridgehead atoms. The predicted octanol–water partition coefficient (Wildman–Crippen LogP) is 3.77. The van der Waals surface area contributed by atoms with Crippen molar-refractivity contribution in [2.24, 2.45) is 5.92 Å². The van der Waals surface area contributed by atoms with E-state index in [4.69, 9.17) is 0 Å². The van der Waals surface area contributed by atoms with E-state index in [9.17, 15) is 4.79 Å². The highest BCUT2D eigenvalue weighted by Gasteiger charge is 2.20. The first kappa shape index (κ1) is 16.8. The normalized spacial score (nSPS) is 24.0. The van der Waals surface area contributed by atoms with E-state index in [1.54, 1.807) is 0 Å². The lowest BCUT2D eigenvalue weighted by Crippen LogP contribution is -2.44. The van der Waals surface area contributed by atoms with Crippen molar-refractivity contribution >= 4 is 5.91 Å². The summed E-state index contributed by atoms with van der Waals surface area (Å²) in [5.74, 6) is 0.959. The van der Waals surface area contributed by atoms with Crippen molar-refractivity contribution in [3.05, 3.63) is 0 Å². The molecule has 0 heterocycles. The second-order valence-electron chi connectivity index (χ2n) is 7.18. The highest BCUT2D eigenvalue weighted by atomic mass is 16.1. The van der Waals surface area contributed by atoms with Crippen LogP contribution in [-0.4, -0.2) is 24.5 Å². The highest BCUT2D eigenvalue weighted by molar-refractivity contribution is 5.78. The monoisotopic (exact) mass is 294 g/mol. The number of hydrogen-bond acceptors (Lipinski definition) is 2. The molecule has 0 aromatic carbocycles. The molecule has 0 aromatic heterocycles. The van der Waals surface area contributed by atoms with Crippen molar-refractivity contribution in [1.29, 1.82) is 0 Å². The van der Waals surface area contributed by atoms with E-state index in [0.717, 1.165) is 5.92 Å². The van der Waals surface area contributed by atoms with Gasteiger partial charge in [-0.1, -0.05) is 51.4 Å². The average Bonchev–Trinajstić information content (AvgIpc) is 2.89. The highest BCUT2D eigenvalue weighted by Crippen LogP contribution is 2.25. The van der Waals surface area contributed by atoms with E-state index >= 15 is 0 Å². The van der Waals surface area contributed by atoms with Gasteiger partial charge in [-0.25, -0.2) is 0 Å². The molecule has 3 heteroatoms. The molecule has 2 rings (SSSR count). The molecule has 0 unspecified atom stereocenters. The van der Waals surface area contributed by atoms with Crippen LogP contribution in [0.15, 0.2) is 0 Å². The fourth-order valence-corrected chi connectivity index (χ4v) is 3.93. The Labute approximate surface area is 130 Å². The van der Waals surface area contributed by atoms with Crippen LogP contribution in [0.3, 0.4) is 0 Å². The molecule has 0 saturated heterocycles. The number of carbonyl (C=O) groups is 1. The number of hydrogen-bond donors (Lipinski definition) is 2. The van der Waals surface area contributed by atoms with Crippen molar-refractivity contribution in [2.75, 3.05) is 6.54 Å². The zero-order valence-corrected chi connectivity index (χ0v) is 13.8. The van der Waals surface area contributed by atoms with E-state index < -0.39 is 0 Å². The standard InChI is InChI=1S/C18H34N2O/c1-15(16-10-6-2-3-7-11-16)19-14-18(21)20-17-12-8-4-5-9-13-17/h15-17,19H,2-14H2,1H3,(H,20,21)/t15-/m0/s1. The summed E-state index contributed by atoms with van der Waals surface area (Å²) in [6.07, 6.45) is 15.7. The van der Waals surface area contributed by atoms with Crippen LogP contribution < -0.4 is 10.6 Å². The molecule has 2 fully saturated rings. The molecule has 0 radical (unpaired) electrons. The zero-order chi connectivity index (χ0) is 14.9. The Kier molecular flexibility index (Phi) is 7.56. The van der Waals surface area contributed by atoms with Crippen molar-refractivity contribution in [3.63, 3.8) is 0 Å². The van der Waals surface area contributed by atoms with Crippen LogP contribution >= 0.6 is 0 Å². The van der Waals surface area contributed by atoms with Crippen LogP contribution in [-0.2, 0) is 4.79 Å². The Balaban J connectivity index is 1.65. The molecule has 21 heavy (non-hydrogen) atoms. The molecule has 1 atom stereocenters. The van der Waals surface area contributed by atoms with E-state index in [0.29, 0.717) is 18.6 Å². The smallest absolute Gasteiger partial charge is 0.234 e. The molecule has 0 aliphatic heterocycles. The molecule has 2 N–H and O–H groups in total. The van der Waals surface area contributed by atoms with Crippen LogP contribution in [0.5, 0.6) is 0 Å². The minimum absolute atomic E-state index is 0.197. The van der Waals surface area contributed by atoms with Gasteiger partial charge >= 0.3 is 0 Å². The summed E-state index contributed by atoms with van der Waals surface area (Å²) < 4.78 is 0. The molecular formula is C18H34N2O. The molecular weight excluding hydrogens is 260 g/mol. The van der Waals surface area contributed by atoms with Gasteiger partial charge in [-0.05, 0) is 38.5 Å². The molecule has 2 aliphatic carbocycles. The summed E-state index contributed by atoms with van der Waals surface area (Å²) in [4.78, 5) is 12.1. The second kappa shape index (κ2) is 9.45. The molecule has 3 nitrogen and oxygen atoms in total. The Morgan fingerprint density at radius 1 is 0.905 bits per heavy atom. The number of rotatable bonds is 5. The van der Waals surface area contributed by atoms with Crippen LogP contribution in [0.2, 0.25) is 0 Å². The first-order valence-electron chi connectivity index (χ1n) is 9.28. The maximum atomic E-state index is 12.1. The molecule has 0 aromatic rings.